The third-order valence-corrected chi connectivity index (χ3v) is 4.64. The third kappa shape index (κ3) is 4.59. The van der Waals surface area contributed by atoms with Gasteiger partial charge < -0.3 is 20.4 Å². The Kier molecular flexibility index (Phi) is 6.21. The summed E-state index contributed by atoms with van der Waals surface area (Å²) in [7, 11) is 0. The summed E-state index contributed by atoms with van der Waals surface area (Å²) in [5.74, 6) is 0.879. The van der Waals surface area contributed by atoms with Gasteiger partial charge in [-0.2, -0.15) is 0 Å². The van der Waals surface area contributed by atoms with Crippen LogP contribution in [0.3, 0.4) is 0 Å². The number of allylic oxidation sites excluding steroid dienone is 1. The molecular formula is C21H27N5O3. The molecule has 8 nitrogen and oxygen atoms in total. The van der Waals surface area contributed by atoms with E-state index in [4.69, 9.17) is 10.5 Å². The molecule has 0 radical (unpaired) electrons. The highest BCUT2D eigenvalue weighted by Gasteiger charge is 2.22. The van der Waals surface area contributed by atoms with Crippen LogP contribution < -0.4 is 15.8 Å². The van der Waals surface area contributed by atoms with Crippen LogP contribution in [-0.2, 0) is 0 Å². The number of H-pyrrole nitrogens is 1. The lowest BCUT2D eigenvalue weighted by molar-refractivity contribution is 0.0787. The zero-order chi connectivity index (χ0) is 21.0. The number of nitrogens with two attached hydrogens (primary N) is 1. The van der Waals surface area contributed by atoms with Crippen LogP contribution in [-0.4, -0.2) is 46.0 Å². The molecule has 3 N–H and O–H groups in total. The summed E-state index contributed by atoms with van der Waals surface area (Å²) < 4.78 is 7.09. The van der Waals surface area contributed by atoms with Crippen LogP contribution in [0.5, 0.6) is 5.75 Å². The zero-order valence-corrected chi connectivity index (χ0v) is 16.9. The van der Waals surface area contributed by atoms with Gasteiger partial charge in [-0.25, -0.2) is 4.99 Å². The van der Waals surface area contributed by atoms with Crippen LogP contribution >= 0.6 is 0 Å². The molecule has 1 aliphatic heterocycles. The monoisotopic (exact) mass is 397 g/mol. The molecule has 2 aromatic rings. The van der Waals surface area contributed by atoms with E-state index in [9.17, 15) is 9.59 Å². The number of anilines is 1. The number of pyridine rings is 1. The highest BCUT2D eigenvalue weighted by molar-refractivity contribution is 5.96. The summed E-state index contributed by atoms with van der Waals surface area (Å²) in [6.45, 7) is 9.33. The number of likely N-dealkylation sites (tertiary alicyclic amines) is 1. The zero-order valence-electron chi connectivity index (χ0n) is 16.9. The summed E-state index contributed by atoms with van der Waals surface area (Å²) in [6.07, 6.45) is 4.43. The SMILES string of the molecule is C=C(C)C(=O)n1ccc(=Nc2[nH]c(C(=O)N3CCCC3)cc2OCCC)cc1N. The molecule has 1 aliphatic rings. The van der Waals surface area contributed by atoms with E-state index in [-0.39, 0.29) is 17.6 Å². The first-order valence-electron chi connectivity index (χ1n) is 9.79. The Morgan fingerprint density at radius 2 is 2.03 bits per heavy atom. The first-order valence-corrected chi connectivity index (χ1v) is 9.79. The fourth-order valence-electron chi connectivity index (χ4n) is 3.13. The number of aromatic nitrogens is 2. The standard InChI is InChI=1S/C21H27N5O3/c1-4-11-29-17-13-16(21(28)25-8-5-6-9-25)24-19(17)23-15-7-10-26(18(22)12-15)20(27)14(2)3/h7,10,12-13,24H,2,4-6,8-9,11,22H2,1,3H3. The Morgan fingerprint density at radius 3 is 2.66 bits per heavy atom. The van der Waals surface area contributed by atoms with E-state index in [0.29, 0.717) is 34.8 Å². The molecule has 0 aliphatic carbocycles. The Morgan fingerprint density at radius 1 is 1.31 bits per heavy atom. The largest absolute Gasteiger partial charge is 0.490 e. The summed E-state index contributed by atoms with van der Waals surface area (Å²) >= 11 is 0. The van der Waals surface area contributed by atoms with Crippen LogP contribution in [0.25, 0.3) is 0 Å². The van der Waals surface area contributed by atoms with E-state index in [1.54, 1.807) is 31.3 Å². The van der Waals surface area contributed by atoms with Crippen molar-refractivity contribution in [1.82, 2.24) is 14.5 Å². The molecule has 0 bridgehead atoms. The topological polar surface area (TPSA) is 106 Å². The van der Waals surface area contributed by atoms with Gasteiger partial charge in [-0.05, 0) is 32.3 Å². The van der Waals surface area contributed by atoms with Gasteiger partial charge in [0, 0.05) is 37.0 Å². The predicted molar refractivity (Wildman–Crippen MR) is 111 cm³/mol. The van der Waals surface area contributed by atoms with E-state index in [0.717, 1.165) is 32.4 Å². The van der Waals surface area contributed by atoms with Gasteiger partial charge in [0.2, 0.25) is 0 Å². The minimum Gasteiger partial charge on any atom is -0.490 e. The highest BCUT2D eigenvalue weighted by Crippen LogP contribution is 2.29. The second kappa shape index (κ2) is 8.81. The van der Waals surface area contributed by atoms with Crippen molar-refractivity contribution < 1.29 is 14.3 Å². The number of nitrogens with one attached hydrogen (secondary N) is 1. The summed E-state index contributed by atoms with van der Waals surface area (Å²) in [5, 5.41) is 0.539. The van der Waals surface area contributed by atoms with E-state index in [1.165, 1.54) is 4.57 Å². The predicted octanol–water partition coefficient (Wildman–Crippen LogP) is 2.87. The maximum atomic E-state index is 12.7. The van der Waals surface area contributed by atoms with Crippen molar-refractivity contribution in [3.8, 4) is 5.75 Å². The first kappa shape index (κ1) is 20.4. The number of rotatable bonds is 6. The number of carbonyl (C=O) groups is 2. The Hall–Kier alpha value is -3.29. The molecular weight excluding hydrogens is 370 g/mol. The Balaban J connectivity index is 1.96. The van der Waals surface area contributed by atoms with Gasteiger partial charge >= 0.3 is 0 Å². The van der Waals surface area contributed by atoms with Gasteiger partial charge in [0.15, 0.2) is 11.6 Å². The molecule has 3 heterocycles. The maximum absolute atomic E-state index is 12.7. The molecule has 0 aromatic carbocycles. The lowest BCUT2D eigenvalue weighted by atomic mass is 10.3. The number of carbonyl (C=O) groups excluding carboxylic acids is 2. The van der Waals surface area contributed by atoms with Crippen molar-refractivity contribution in [2.75, 3.05) is 25.4 Å². The minimum atomic E-state index is -0.278. The Labute approximate surface area is 169 Å². The lowest BCUT2D eigenvalue weighted by Gasteiger charge is -2.13. The lowest BCUT2D eigenvalue weighted by Crippen LogP contribution is -2.27. The first-order chi connectivity index (χ1) is 13.9. The van der Waals surface area contributed by atoms with Crippen LogP contribution in [0.2, 0.25) is 0 Å². The van der Waals surface area contributed by atoms with Crippen molar-refractivity contribution >= 4 is 23.5 Å². The molecule has 0 spiro atoms. The van der Waals surface area contributed by atoms with Gasteiger partial charge in [0.1, 0.15) is 11.5 Å². The maximum Gasteiger partial charge on any atom is 0.270 e. The van der Waals surface area contributed by atoms with Crippen LogP contribution in [0, 0.1) is 0 Å². The number of aromatic amines is 1. The number of amides is 1. The van der Waals surface area contributed by atoms with Crippen LogP contribution in [0.15, 0.2) is 41.5 Å². The van der Waals surface area contributed by atoms with Gasteiger partial charge in [0.05, 0.1) is 12.0 Å². The Bertz CT molecular complexity index is 996. The van der Waals surface area contributed by atoms with Crippen molar-refractivity contribution in [2.45, 2.75) is 33.1 Å². The number of hydrogen-bond acceptors (Lipinski definition) is 5. The van der Waals surface area contributed by atoms with E-state index >= 15 is 0 Å². The van der Waals surface area contributed by atoms with Crippen molar-refractivity contribution in [3.05, 3.63) is 47.6 Å². The number of nitrogen functional groups attached to an aromatic ring is 1. The number of hydrogen-bond donors (Lipinski definition) is 2. The smallest absolute Gasteiger partial charge is 0.270 e. The molecule has 0 atom stereocenters. The molecule has 2 aromatic heterocycles. The molecule has 1 fully saturated rings. The second-order valence-corrected chi connectivity index (χ2v) is 7.12. The van der Waals surface area contributed by atoms with Gasteiger partial charge in [-0.1, -0.05) is 13.5 Å². The molecule has 29 heavy (non-hydrogen) atoms. The van der Waals surface area contributed by atoms with Gasteiger partial charge in [-0.15, -0.1) is 0 Å². The molecule has 154 valence electrons. The molecule has 3 rings (SSSR count). The van der Waals surface area contributed by atoms with Crippen molar-refractivity contribution in [1.29, 1.82) is 0 Å². The van der Waals surface area contributed by atoms with E-state index < -0.39 is 0 Å². The number of ether oxygens (including phenoxy) is 1. The molecule has 1 saturated heterocycles. The normalized spacial score (nSPS) is 14.3. The molecule has 1 amide bonds. The van der Waals surface area contributed by atoms with Crippen LogP contribution in [0.4, 0.5) is 11.6 Å². The quantitative estimate of drug-likeness (QED) is 0.731. The van der Waals surface area contributed by atoms with Crippen molar-refractivity contribution in [3.63, 3.8) is 0 Å². The van der Waals surface area contributed by atoms with Crippen LogP contribution in [0.1, 0.15) is 48.4 Å². The average molecular weight is 397 g/mol. The van der Waals surface area contributed by atoms with Crippen molar-refractivity contribution in [2.24, 2.45) is 4.99 Å². The second-order valence-electron chi connectivity index (χ2n) is 7.12. The van der Waals surface area contributed by atoms with Gasteiger partial charge in [-0.3, -0.25) is 14.2 Å². The molecule has 0 saturated carbocycles. The minimum absolute atomic E-state index is 0.0530. The fraction of sp³-hybridized carbons (Fsp3) is 0.381. The fourth-order valence-corrected chi connectivity index (χ4v) is 3.13. The van der Waals surface area contributed by atoms with E-state index in [1.807, 2.05) is 11.8 Å². The molecule has 8 heteroatoms. The summed E-state index contributed by atoms with van der Waals surface area (Å²) in [4.78, 5) is 34.3. The summed E-state index contributed by atoms with van der Waals surface area (Å²) in [6, 6.07) is 4.96. The third-order valence-electron chi connectivity index (χ3n) is 4.64. The molecule has 0 unspecified atom stereocenters. The van der Waals surface area contributed by atoms with E-state index in [2.05, 4.69) is 16.6 Å². The average Bonchev–Trinajstić information content (AvgIpc) is 3.36. The highest BCUT2D eigenvalue weighted by atomic mass is 16.5. The van der Waals surface area contributed by atoms with Gasteiger partial charge in [0.25, 0.3) is 11.8 Å². The number of nitrogens with zero attached hydrogens (tertiary/aromatic N) is 3. The summed E-state index contributed by atoms with van der Waals surface area (Å²) in [5.41, 5.74) is 6.84.